The van der Waals surface area contributed by atoms with Crippen LogP contribution in [-0.4, -0.2) is 5.78 Å². The third-order valence-corrected chi connectivity index (χ3v) is 12.7. The second-order valence-corrected chi connectivity index (χ2v) is 14.3. The molecular formula is C30H52O. The van der Waals surface area contributed by atoms with Gasteiger partial charge in [0.25, 0.3) is 0 Å². The van der Waals surface area contributed by atoms with Crippen LogP contribution in [0.4, 0.5) is 0 Å². The topological polar surface area (TPSA) is 17.1 Å². The lowest BCUT2D eigenvalue weighted by Crippen LogP contribution is -2.59. The van der Waals surface area contributed by atoms with Crippen molar-refractivity contribution in [1.82, 2.24) is 0 Å². The molecule has 4 fully saturated rings. The summed E-state index contributed by atoms with van der Waals surface area (Å²) in [4.78, 5) is 11.8. The zero-order valence-electron chi connectivity index (χ0n) is 22.2. The van der Waals surface area contributed by atoms with Crippen LogP contribution >= 0.6 is 0 Å². The van der Waals surface area contributed by atoms with Gasteiger partial charge in [0.15, 0.2) is 0 Å². The van der Waals surface area contributed by atoms with Crippen molar-refractivity contribution in [1.29, 1.82) is 0 Å². The molecule has 0 radical (unpaired) electrons. The van der Waals surface area contributed by atoms with E-state index in [1.165, 1.54) is 64.2 Å². The van der Waals surface area contributed by atoms with Crippen molar-refractivity contribution in [3.05, 3.63) is 0 Å². The van der Waals surface area contributed by atoms with Crippen LogP contribution in [0.15, 0.2) is 0 Å². The average molecular weight is 429 g/mol. The lowest BCUT2D eigenvalue weighted by Gasteiger charge is -2.67. The second-order valence-electron chi connectivity index (χ2n) is 14.3. The second kappa shape index (κ2) is 7.87. The fourth-order valence-corrected chi connectivity index (χ4v) is 10.5. The van der Waals surface area contributed by atoms with Crippen LogP contribution in [0.1, 0.15) is 126 Å². The number of hydrogen-bond acceptors (Lipinski definition) is 1. The van der Waals surface area contributed by atoms with Crippen LogP contribution in [0.2, 0.25) is 0 Å². The molecule has 1 unspecified atom stereocenters. The van der Waals surface area contributed by atoms with Gasteiger partial charge in [0.2, 0.25) is 0 Å². The highest BCUT2D eigenvalue weighted by atomic mass is 16.1. The third-order valence-electron chi connectivity index (χ3n) is 12.7. The van der Waals surface area contributed by atoms with Crippen LogP contribution < -0.4 is 0 Å². The Labute approximate surface area is 193 Å². The Balaban J connectivity index is 1.55. The lowest BCUT2D eigenvalue weighted by atomic mass is 9.38. The van der Waals surface area contributed by atoms with E-state index in [1.807, 2.05) is 0 Å². The van der Waals surface area contributed by atoms with Gasteiger partial charge in [0.05, 0.1) is 0 Å². The number of fused-ring (bicyclic) bond motifs is 5. The van der Waals surface area contributed by atoms with Crippen molar-refractivity contribution in [2.45, 2.75) is 126 Å². The summed E-state index contributed by atoms with van der Waals surface area (Å²) in [6, 6.07) is 0. The maximum atomic E-state index is 11.8. The molecule has 9 atom stereocenters. The van der Waals surface area contributed by atoms with E-state index < -0.39 is 0 Å². The molecule has 4 rings (SSSR count). The first-order chi connectivity index (χ1) is 14.4. The van der Waals surface area contributed by atoms with Crippen LogP contribution in [0.3, 0.4) is 0 Å². The molecule has 0 spiro atoms. The van der Waals surface area contributed by atoms with Crippen molar-refractivity contribution < 1.29 is 4.79 Å². The van der Waals surface area contributed by atoms with E-state index in [0.717, 1.165) is 36.0 Å². The lowest BCUT2D eigenvalue weighted by molar-refractivity contribution is -0.179. The van der Waals surface area contributed by atoms with E-state index in [9.17, 15) is 4.79 Å². The Bertz CT molecular complexity index is 693. The summed E-state index contributed by atoms with van der Waals surface area (Å²) in [6.45, 7) is 19.7. The highest BCUT2D eigenvalue weighted by Gasteiger charge is 2.66. The number of carbonyl (C=O) groups excluding carboxylic acids is 1. The van der Waals surface area contributed by atoms with E-state index >= 15 is 0 Å². The minimum Gasteiger partial charge on any atom is -0.300 e. The van der Waals surface area contributed by atoms with Crippen LogP contribution in [0.5, 0.6) is 0 Å². The molecule has 0 amide bonds. The van der Waals surface area contributed by atoms with E-state index in [0.29, 0.717) is 27.4 Å². The normalized spacial score (nSPS) is 48.3. The number of hydrogen-bond donors (Lipinski definition) is 0. The molecule has 1 nitrogen and oxygen atoms in total. The molecule has 4 saturated carbocycles. The molecule has 0 aliphatic heterocycles. The first-order valence-electron chi connectivity index (χ1n) is 13.9. The van der Waals surface area contributed by atoms with Gasteiger partial charge in [0.1, 0.15) is 5.78 Å². The summed E-state index contributed by atoms with van der Waals surface area (Å²) in [5, 5.41) is 0. The quantitative estimate of drug-likeness (QED) is 0.428. The monoisotopic (exact) mass is 428 g/mol. The summed E-state index contributed by atoms with van der Waals surface area (Å²) in [6.07, 6.45) is 15.5. The fourth-order valence-electron chi connectivity index (χ4n) is 10.5. The van der Waals surface area contributed by atoms with Gasteiger partial charge in [-0.25, -0.2) is 0 Å². The van der Waals surface area contributed by atoms with Gasteiger partial charge < -0.3 is 0 Å². The maximum Gasteiger partial charge on any atom is 0.132 e. The van der Waals surface area contributed by atoms with Crippen molar-refractivity contribution in [3.8, 4) is 0 Å². The minimum atomic E-state index is 0.240. The number of Topliss-reactive ketones (excluding diaryl/α,β-unsaturated/α-hetero) is 1. The van der Waals surface area contributed by atoms with Gasteiger partial charge in [-0.15, -0.1) is 0 Å². The fraction of sp³-hybridized carbons (Fsp3) is 0.967. The maximum absolute atomic E-state index is 11.8. The Morgan fingerprint density at radius 2 is 1.48 bits per heavy atom. The Hall–Kier alpha value is -0.330. The van der Waals surface area contributed by atoms with Crippen LogP contribution in [-0.2, 0) is 4.79 Å². The van der Waals surface area contributed by atoms with Gasteiger partial charge in [-0.3, -0.25) is 4.79 Å². The Morgan fingerprint density at radius 1 is 0.806 bits per heavy atom. The molecule has 4 aliphatic carbocycles. The molecule has 4 aliphatic rings. The highest BCUT2D eigenvalue weighted by molar-refractivity contribution is 5.77. The standard InChI is InChI=1S/C30H52O/c1-20(22(3)31)10-11-21(2)23-14-18-30(8)25-12-13-26-27(4,5)16-9-17-28(26,6)24(25)15-19-29(23,30)7/h20-21,23-26H,9-19H2,1-8H3/t20?,21-,23-,24+,25-,26+,28-,29-,30+/m1/s1. The van der Waals surface area contributed by atoms with Gasteiger partial charge in [-0.05, 0) is 122 Å². The molecule has 0 saturated heterocycles. The molecule has 0 bridgehead atoms. The smallest absolute Gasteiger partial charge is 0.132 e. The Kier molecular flexibility index (Phi) is 6.05. The van der Waals surface area contributed by atoms with Crippen molar-refractivity contribution in [2.24, 2.45) is 57.2 Å². The molecule has 0 heterocycles. The van der Waals surface area contributed by atoms with Crippen molar-refractivity contribution in [3.63, 3.8) is 0 Å². The third kappa shape index (κ3) is 3.49. The van der Waals surface area contributed by atoms with E-state index in [2.05, 4.69) is 48.5 Å². The van der Waals surface area contributed by atoms with E-state index in [4.69, 9.17) is 0 Å². The SMILES string of the molecule is CC(=O)C(C)CC[C@@H](C)[C@H]1CC[C@@]2(C)[C@@H]3CC[C@H]4C(C)(C)CCC[C@]4(C)[C@H]3CC[C@]12C. The molecule has 0 aromatic heterocycles. The zero-order valence-corrected chi connectivity index (χ0v) is 22.2. The molecule has 178 valence electrons. The molecule has 1 heteroatoms. The predicted molar refractivity (Wildman–Crippen MR) is 132 cm³/mol. The number of ketones is 1. The minimum absolute atomic E-state index is 0.240. The van der Waals surface area contributed by atoms with E-state index in [1.54, 1.807) is 6.92 Å². The molecule has 0 N–H and O–H groups in total. The van der Waals surface area contributed by atoms with Crippen molar-refractivity contribution >= 4 is 5.78 Å². The summed E-state index contributed by atoms with van der Waals surface area (Å²) in [5.41, 5.74) is 2.15. The molecular weight excluding hydrogens is 376 g/mol. The summed E-state index contributed by atoms with van der Waals surface area (Å²) in [7, 11) is 0. The van der Waals surface area contributed by atoms with Gasteiger partial charge in [0, 0.05) is 5.92 Å². The highest BCUT2D eigenvalue weighted by Crippen LogP contribution is 2.74. The van der Waals surface area contributed by atoms with Gasteiger partial charge in [-0.2, -0.15) is 0 Å². The first-order valence-corrected chi connectivity index (χ1v) is 13.9. The van der Waals surface area contributed by atoms with E-state index in [-0.39, 0.29) is 5.92 Å². The van der Waals surface area contributed by atoms with Crippen LogP contribution in [0, 0.1) is 57.2 Å². The number of carbonyl (C=O) groups is 1. The summed E-state index contributed by atoms with van der Waals surface area (Å²) in [5.74, 6) is 5.05. The molecule has 31 heavy (non-hydrogen) atoms. The molecule has 0 aromatic carbocycles. The molecule has 0 aromatic rings. The Morgan fingerprint density at radius 3 is 2.16 bits per heavy atom. The largest absolute Gasteiger partial charge is 0.300 e. The van der Waals surface area contributed by atoms with Gasteiger partial charge >= 0.3 is 0 Å². The first kappa shape index (κ1) is 23.8. The average Bonchev–Trinajstić information content (AvgIpc) is 2.96. The number of rotatable bonds is 5. The zero-order chi connectivity index (χ0) is 22.8. The van der Waals surface area contributed by atoms with Crippen molar-refractivity contribution in [2.75, 3.05) is 0 Å². The summed E-state index contributed by atoms with van der Waals surface area (Å²) >= 11 is 0. The van der Waals surface area contributed by atoms with Crippen LogP contribution in [0.25, 0.3) is 0 Å². The van der Waals surface area contributed by atoms with Gasteiger partial charge in [-0.1, -0.05) is 54.9 Å². The summed E-state index contributed by atoms with van der Waals surface area (Å²) < 4.78 is 0. The predicted octanol–water partition coefficient (Wildman–Crippen LogP) is 8.70.